The number of benzene rings is 2. The van der Waals surface area contributed by atoms with E-state index < -0.39 is 0 Å². The molecular formula is C16H18N2O2S. The van der Waals surface area contributed by atoms with Crippen LogP contribution in [0.1, 0.15) is 6.92 Å². The summed E-state index contributed by atoms with van der Waals surface area (Å²) in [5, 5.41) is 2.85. The van der Waals surface area contributed by atoms with Gasteiger partial charge < -0.3 is 15.8 Å². The summed E-state index contributed by atoms with van der Waals surface area (Å²) in [7, 11) is 0. The van der Waals surface area contributed by atoms with E-state index in [0.29, 0.717) is 18.0 Å². The number of ether oxygens (including phenoxy) is 1. The van der Waals surface area contributed by atoms with E-state index in [1.165, 1.54) is 11.8 Å². The quantitative estimate of drug-likeness (QED) is 0.634. The molecule has 2 aromatic rings. The van der Waals surface area contributed by atoms with Gasteiger partial charge in [-0.2, -0.15) is 0 Å². The molecule has 0 aliphatic rings. The van der Waals surface area contributed by atoms with E-state index in [1.54, 1.807) is 0 Å². The number of hydrogen-bond donors (Lipinski definition) is 2. The highest BCUT2D eigenvalue weighted by Crippen LogP contribution is 2.21. The summed E-state index contributed by atoms with van der Waals surface area (Å²) < 4.78 is 5.35. The summed E-state index contributed by atoms with van der Waals surface area (Å²) in [4.78, 5) is 12.9. The van der Waals surface area contributed by atoms with Crippen molar-refractivity contribution in [2.45, 2.75) is 11.8 Å². The topological polar surface area (TPSA) is 64.3 Å². The van der Waals surface area contributed by atoms with Gasteiger partial charge in [-0.25, -0.2) is 0 Å². The van der Waals surface area contributed by atoms with Crippen LogP contribution in [-0.2, 0) is 4.79 Å². The number of nitrogen functional groups attached to an aromatic ring is 1. The lowest BCUT2D eigenvalue weighted by atomic mass is 10.3. The predicted molar refractivity (Wildman–Crippen MR) is 87.8 cm³/mol. The number of thioether (sulfide) groups is 1. The Morgan fingerprint density at radius 1 is 1.24 bits per heavy atom. The normalized spacial score (nSPS) is 10.1. The lowest BCUT2D eigenvalue weighted by Gasteiger charge is -2.07. The molecule has 0 aliphatic carbocycles. The highest BCUT2D eigenvalue weighted by molar-refractivity contribution is 8.00. The summed E-state index contributed by atoms with van der Waals surface area (Å²) in [6.07, 6.45) is 0. The predicted octanol–water partition coefficient (Wildman–Crippen LogP) is 3.40. The summed E-state index contributed by atoms with van der Waals surface area (Å²) in [6.45, 7) is 2.56. The fourth-order valence-electron chi connectivity index (χ4n) is 1.75. The van der Waals surface area contributed by atoms with E-state index in [1.807, 2.05) is 55.5 Å². The molecule has 21 heavy (non-hydrogen) atoms. The number of anilines is 2. The van der Waals surface area contributed by atoms with Gasteiger partial charge in [-0.3, -0.25) is 4.79 Å². The molecule has 2 rings (SSSR count). The van der Waals surface area contributed by atoms with Gasteiger partial charge in [-0.05, 0) is 49.4 Å². The average Bonchev–Trinajstić information content (AvgIpc) is 2.48. The maximum atomic E-state index is 11.9. The van der Waals surface area contributed by atoms with Crippen LogP contribution in [0.25, 0.3) is 0 Å². The van der Waals surface area contributed by atoms with E-state index in [-0.39, 0.29) is 5.91 Å². The Balaban J connectivity index is 1.84. The standard InChI is InChI=1S/C16H18N2O2S/c1-2-20-14-8-6-13(7-9-14)18-16(19)11-21-15-5-3-4-12(17)10-15/h3-10H,2,11,17H2,1H3,(H,18,19). The van der Waals surface area contributed by atoms with Crippen LogP contribution < -0.4 is 15.8 Å². The third kappa shape index (κ3) is 5.04. The molecule has 0 radical (unpaired) electrons. The van der Waals surface area contributed by atoms with Crippen molar-refractivity contribution in [1.82, 2.24) is 0 Å². The number of nitrogens with one attached hydrogen (secondary N) is 1. The van der Waals surface area contributed by atoms with E-state index in [4.69, 9.17) is 10.5 Å². The number of carbonyl (C=O) groups is 1. The van der Waals surface area contributed by atoms with Crippen molar-refractivity contribution in [2.24, 2.45) is 0 Å². The summed E-state index contributed by atoms with van der Waals surface area (Å²) in [5.74, 6) is 1.09. The van der Waals surface area contributed by atoms with Crippen LogP contribution in [-0.4, -0.2) is 18.3 Å². The lowest BCUT2D eigenvalue weighted by Crippen LogP contribution is -2.13. The molecule has 5 heteroatoms. The highest BCUT2D eigenvalue weighted by Gasteiger charge is 2.04. The molecule has 0 fully saturated rings. The first kappa shape index (κ1) is 15.3. The van der Waals surface area contributed by atoms with Gasteiger partial charge in [0.1, 0.15) is 5.75 Å². The van der Waals surface area contributed by atoms with Gasteiger partial charge in [-0.1, -0.05) is 6.07 Å². The second kappa shape index (κ2) is 7.59. The molecule has 4 nitrogen and oxygen atoms in total. The molecule has 0 atom stereocenters. The Labute approximate surface area is 128 Å². The molecular weight excluding hydrogens is 284 g/mol. The van der Waals surface area contributed by atoms with Crippen molar-refractivity contribution in [2.75, 3.05) is 23.4 Å². The number of carbonyl (C=O) groups excluding carboxylic acids is 1. The zero-order chi connectivity index (χ0) is 15.1. The fourth-order valence-corrected chi connectivity index (χ4v) is 2.52. The molecule has 0 heterocycles. The van der Waals surface area contributed by atoms with Crippen LogP contribution in [0.2, 0.25) is 0 Å². The smallest absolute Gasteiger partial charge is 0.234 e. The molecule has 0 unspecified atom stereocenters. The average molecular weight is 302 g/mol. The highest BCUT2D eigenvalue weighted by atomic mass is 32.2. The minimum absolute atomic E-state index is 0.0495. The van der Waals surface area contributed by atoms with Gasteiger partial charge >= 0.3 is 0 Å². The summed E-state index contributed by atoms with van der Waals surface area (Å²) in [5.41, 5.74) is 7.16. The Bertz CT molecular complexity index is 599. The molecule has 0 saturated carbocycles. The Kier molecular flexibility index (Phi) is 5.51. The molecule has 0 saturated heterocycles. The first-order valence-electron chi connectivity index (χ1n) is 6.68. The van der Waals surface area contributed by atoms with Crippen LogP contribution in [0.3, 0.4) is 0 Å². The van der Waals surface area contributed by atoms with Crippen LogP contribution in [0, 0.1) is 0 Å². The summed E-state index contributed by atoms with van der Waals surface area (Å²) in [6, 6.07) is 14.8. The van der Waals surface area contributed by atoms with E-state index in [0.717, 1.165) is 16.3 Å². The van der Waals surface area contributed by atoms with Gasteiger partial charge in [0.2, 0.25) is 5.91 Å². The third-order valence-electron chi connectivity index (χ3n) is 2.68. The first-order chi connectivity index (χ1) is 10.2. The molecule has 0 spiro atoms. The number of nitrogens with two attached hydrogens (primary N) is 1. The van der Waals surface area contributed by atoms with Gasteiger partial charge in [0, 0.05) is 16.3 Å². The number of rotatable bonds is 6. The van der Waals surface area contributed by atoms with E-state index >= 15 is 0 Å². The van der Waals surface area contributed by atoms with Crippen molar-refractivity contribution in [3.63, 3.8) is 0 Å². The van der Waals surface area contributed by atoms with Crippen LogP contribution in [0.15, 0.2) is 53.4 Å². The van der Waals surface area contributed by atoms with Crippen molar-refractivity contribution >= 4 is 29.0 Å². The van der Waals surface area contributed by atoms with Gasteiger partial charge in [0.05, 0.1) is 12.4 Å². The second-order valence-electron chi connectivity index (χ2n) is 4.37. The molecule has 2 aromatic carbocycles. The largest absolute Gasteiger partial charge is 0.494 e. The van der Waals surface area contributed by atoms with Crippen molar-refractivity contribution in [3.05, 3.63) is 48.5 Å². The van der Waals surface area contributed by atoms with Gasteiger partial charge in [0.15, 0.2) is 0 Å². The number of hydrogen-bond acceptors (Lipinski definition) is 4. The molecule has 3 N–H and O–H groups in total. The van der Waals surface area contributed by atoms with Crippen molar-refractivity contribution in [1.29, 1.82) is 0 Å². The minimum atomic E-state index is -0.0495. The van der Waals surface area contributed by atoms with Crippen LogP contribution >= 0.6 is 11.8 Å². The third-order valence-corrected chi connectivity index (χ3v) is 3.67. The Hall–Kier alpha value is -2.14. The Morgan fingerprint density at radius 2 is 2.00 bits per heavy atom. The van der Waals surface area contributed by atoms with Crippen molar-refractivity contribution < 1.29 is 9.53 Å². The van der Waals surface area contributed by atoms with E-state index in [9.17, 15) is 4.79 Å². The maximum absolute atomic E-state index is 11.9. The summed E-state index contributed by atoms with van der Waals surface area (Å²) >= 11 is 1.46. The molecule has 110 valence electrons. The molecule has 0 bridgehead atoms. The zero-order valence-electron chi connectivity index (χ0n) is 11.8. The lowest BCUT2D eigenvalue weighted by molar-refractivity contribution is -0.113. The maximum Gasteiger partial charge on any atom is 0.234 e. The van der Waals surface area contributed by atoms with Crippen LogP contribution in [0.4, 0.5) is 11.4 Å². The monoisotopic (exact) mass is 302 g/mol. The van der Waals surface area contributed by atoms with Crippen molar-refractivity contribution in [3.8, 4) is 5.75 Å². The molecule has 1 amide bonds. The van der Waals surface area contributed by atoms with Crippen LogP contribution in [0.5, 0.6) is 5.75 Å². The second-order valence-corrected chi connectivity index (χ2v) is 5.42. The Morgan fingerprint density at radius 3 is 2.67 bits per heavy atom. The van der Waals surface area contributed by atoms with E-state index in [2.05, 4.69) is 5.32 Å². The van der Waals surface area contributed by atoms with Gasteiger partial charge in [0.25, 0.3) is 0 Å². The zero-order valence-corrected chi connectivity index (χ0v) is 12.7. The van der Waals surface area contributed by atoms with Gasteiger partial charge in [-0.15, -0.1) is 11.8 Å². The molecule has 0 aromatic heterocycles. The minimum Gasteiger partial charge on any atom is -0.494 e. The first-order valence-corrected chi connectivity index (χ1v) is 7.67. The fraction of sp³-hybridized carbons (Fsp3) is 0.188. The number of amides is 1. The molecule has 0 aliphatic heterocycles. The SMILES string of the molecule is CCOc1ccc(NC(=O)CSc2cccc(N)c2)cc1.